The van der Waals surface area contributed by atoms with Crippen LogP contribution in [0, 0.1) is 5.92 Å². The molecule has 0 aromatic heterocycles. The van der Waals surface area contributed by atoms with Crippen molar-refractivity contribution in [2.75, 3.05) is 46.1 Å². The van der Waals surface area contributed by atoms with E-state index in [0.29, 0.717) is 26.1 Å². The number of rotatable bonds is 41. The van der Waals surface area contributed by atoms with Crippen molar-refractivity contribution in [1.82, 2.24) is 4.90 Å². The zero-order valence-electron chi connectivity index (χ0n) is 41.9. The average molecular weight is 920 g/mol. The summed E-state index contributed by atoms with van der Waals surface area (Å²) in [6.07, 6.45) is 27.8. The van der Waals surface area contributed by atoms with E-state index in [1.807, 2.05) is 0 Å². The summed E-state index contributed by atoms with van der Waals surface area (Å²) in [6, 6.07) is 16.9. The van der Waals surface area contributed by atoms with Gasteiger partial charge in [0.2, 0.25) is 0 Å². The first kappa shape index (κ1) is 58.1. The van der Waals surface area contributed by atoms with Crippen LogP contribution in [0.2, 0.25) is 0 Å². The van der Waals surface area contributed by atoms with Gasteiger partial charge in [-0.05, 0) is 106 Å². The lowest BCUT2D eigenvalue weighted by Gasteiger charge is -2.20. The van der Waals surface area contributed by atoms with Gasteiger partial charge < -0.3 is 33.3 Å². The monoisotopic (exact) mass is 920 g/mol. The van der Waals surface area contributed by atoms with Crippen LogP contribution in [-0.2, 0) is 64.1 Å². The lowest BCUT2D eigenvalue weighted by Crippen LogP contribution is -2.27. The highest BCUT2D eigenvalue weighted by Gasteiger charge is 2.20. The van der Waals surface area contributed by atoms with Crippen LogP contribution in [-0.4, -0.2) is 75.3 Å². The second-order valence-corrected chi connectivity index (χ2v) is 17.4. The van der Waals surface area contributed by atoms with Crippen LogP contribution in [0.3, 0.4) is 0 Å². The Morgan fingerprint density at radius 3 is 1.55 bits per heavy atom. The Morgan fingerprint density at radius 2 is 1.00 bits per heavy atom. The van der Waals surface area contributed by atoms with Gasteiger partial charge in [-0.3, -0.25) is 9.59 Å². The molecule has 0 aliphatic carbocycles. The number of hydrogen-bond donors (Lipinski definition) is 0. The predicted molar refractivity (Wildman–Crippen MR) is 267 cm³/mol. The molecule has 0 amide bonds. The van der Waals surface area contributed by atoms with E-state index in [4.69, 9.17) is 28.4 Å². The number of ether oxygens (including phenoxy) is 6. The van der Waals surface area contributed by atoms with Crippen molar-refractivity contribution in [3.63, 3.8) is 0 Å². The standard InChI is InChI=1S/C56H89NO9/c1-6-11-14-15-16-17-18-19-20-21-22-23-24-25-26-30-53(58)62-45-52(47-66-56(60)61-42-27-41-57(9-4)10-5)46-63-54(59)39-40-55(64-43-50-35-31-48(32-36-50)28-12-7-2)65-44-51-37-33-49(34-38-51)29-13-8-3/h16-17,19-20,31-38,52,55H,6-15,18,21-30,39-47H2,1-5H3/b17-16-,20-19-. The van der Waals surface area contributed by atoms with E-state index in [2.05, 4.69) is 112 Å². The fourth-order valence-corrected chi connectivity index (χ4v) is 7.20. The lowest BCUT2D eigenvalue weighted by atomic mass is 10.1. The summed E-state index contributed by atoms with van der Waals surface area (Å²) in [5.41, 5.74) is 4.66. The van der Waals surface area contributed by atoms with Gasteiger partial charge >= 0.3 is 18.1 Å². The number of aryl methyl sites for hydroxylation is 2. The second kappa shape index (κ2) is 40.1. The van der Waals surface area contributed by atoms with E-state index < -0.39 is 24.3 Å². The average Bonchev–Trinajstić information content (AvgIpc) is 3.34. The fourth-order valence-electron chi connectivity index (χ4n) is 7.20. The van der Waals surface area contributed by atoms with Crippen LogP contribution >= 0.6 is 0 Å². The van der Waals surface area contributed by atoms with Crippen LogP contribution in [0.4, 0.5) is 4.79 Å². The minimum atomic E-state index is -0.800. The Labute approximate surface area is 400 Å². The highest BCUT2D eigenvalue weighted by atomic mass is 16.7. The number of hydrogen-bond acceptors (Lipinski definition) is 10. The van der Waals surface area contributed by atoms with Crippen LogP contribution in [0.25, 0.3) is 0 Å². The Balaban J connectivity index is 1.89. The predicted octanol–water partition coefficient (Wildman–Crippen LogP) is 13.6. The largest absolute Gasteiger partial charge is 0.508 e. The molecule has 1 atom stereocenters. The molecule has 0 saturated carbocycles. The van der Waals surface area contributed by atoms with Crippen LogP contribution in [0.5, 0.6) is 0 Å². The highest BCUT2D eigenvalue weighted by molar-refractivity contribution is 5.69. The van der Waals surface area contributed by atoms with Crippen molar-refractivity contribution >= 4 is 18.1 Å². The smallest absolute Gasteiger partial charge is 0.465 e. The molecule has 0 aliphatic heterocycles. The SMILES string of the molecule is CCCCC/C=C\C/C=C\CCCCCCCC(=O)OCC(COC(=O)CCC(OCc1ccc(CCCC)cc1)OCc1ccc(CCCC)cc1)COC(=O)OCCCN(CC)CC. The molecule has 0 N–H and O–H groups in total. The van der Waals surface area contributed by atoms with Gasteiger partial charge in [0.1, 0.15) is 19.8 Å². The maximum absolute atomic E-state index is 13.2. The van der Waals surface area contributed by atoms with Gasteiger partial charge in [0.05, 0.1) is 32.2 Å². The second-order valence-electron chi connectivity index (χ2n) is 17.4. The molecule has 0 fully saturated rings. The molecule has 2 rings (SSSR count). The molecule has 0 saturated heterocycles. The topological polar surface area (TPSA) is 110 Å². The van der Waals surface area contributed by atoms with Gasteiger partial charge in [-0.25, -0.2) is 4.79 Å². The quantitative estimate of drug-likeness (QED) is 0.0210. The number of esters is 2. The number of benzene rings is 2. The van der Waals surface area contributed by atoms with Gasteiger partial charge in [0.15, 0.2) is 6.29 Å². The first-order valence-electron chi connectivity index (χ1n) is 25.8. The van der Waals surface area contributed by atoms with Gasteiger partial charge in [0, 0.05) is 19.4 Å². The van der Waals surface area contributed by atoms with Gasteiger partial charge in [-0.15, -0.1) is 0 Å². The molecule has 0 radical (unpaired) electrons. The van der Waals surface area contributed by atoms with Gasteiger partial charge in [-0.1, -0.05) is 152 Å². The van der Waals surface area contributed by atoms with Crippen molar-refractivity contribution < 1.29 is 42.8 Å². The van der Waals surface area contributed by atoms with E-state index in [0.717, 1.165) is 114 Å². The summed E-state index contributed by atoms with van der Waals surface area (Å²) < 4.78 is 34.5. The zero-order chi connectivity index (χ0) is 47.7. The number of carbonyl (C=O) groups excluding carboxylic acids is 3. The maximum atomic E-state index is 13.2. The summed E-state index contributed by atoms with van der Waals surface area (Å²) in [6.45, 7) is 14.1. The highest BCUT2D eigenvalue weighted by Crippen LogP contribution is 2.17. The molecule has 10 nitrogen and oxygen atoms in total. The van der Waals surface area contributed by atoms with Gasteiger partial charge in [0.25, 0.3) is 0 Å². The summed E-state index contributed by atoms with van der Waals surface area (Å²) in [7, 11) is 0. The molecule has 0 bridgehead atoms. The van der Waals surface area contributed by atoms with Crippen LogP contribution in [0.1, 0.15) is 179 Å². The first-order chi connectivity index (χ1) is 32.3. The number of carbonyl (C=O) groups is 3. The maximum Gasteiger partial charge on any atom is 0.508 e. The Kier molecular flexibility index (Phi) is 35.3. The normalized spacial score (nSPS) is 12.1. The zero-order valence-corrected chi connectivity index (χ0v) is 41.9. The summed E-state index contributed by atoms with van der Waals surface area (Å²) in [5, 5.41) is 0. The number of nitrogens with zero attached hydrogens (tertiary/aromatic N) is 1. The third kappa shape index (κ3) is 31.1. The van der Waals surface area contributed by atoms with E-state index in [9.17, 15) is 14.4 Å². The third-order valence-electron chi connectivity index (χ3n) is 11.6. The molecule has 2 aromatic rings. The molecule has 2 aromatic carbocycles. The van der Waals surface area contributed by atoms with E-state index in [1.165, 1.54) is 36.8 Å². The van der Waals surface area contributed by atoms with Crippen molar-refractivity contribution in [2.24, 2.45) is 5.92 Å². The van der Waals surface area contributed by atoms with Crippen molar-refractivity contribution in [3.05, 3.63) is 95.1 Å². The molecular formula is C56H89NO9. The molecule has 0 spiro atoms. The summed E-state index contributed by atoms with van der Waals surface area (Å²) >= 11 is 0. The molecule has 372 valence electrons. The number of unbranched alkanes of at least 4 members (excludes halogenated alkanes) is 10. The lowest BCUT2D eigenvalue weighted by molar-refractivity contribution is -0.168. The molecule has 66 heavy (non-hydrogen) atoms. The molecule has 0 heterocycles. The van der Waals surface area contributed by atoms with Crippen LogP contribution in [0.15, 0.2) is 72.8 Å². The Hall–Kier alpha value is -3.99. The minimum absolute atomic E-state index is 0.0470. The van der Waals surface area contributed by atoms with E-state index >= 15 is 0 Å². The third-order valence-corrected chi connectivity index (χ3v) is 11.6. The fraction of sp³-hybridized carbons (Fsp3) is 0.661. The summed E-state index contributed by atoms with van der Waals surface area (Å²) in [5.74, 6) is -1.33. The molecule has 0 aliphatic rings. The van der Waals surface area contributed by atoms with Crippen LogP contribution < -0.4 is 0 Å². The molecule has 10 heteroatoms. The number of allylic oxidation sites excluding steroid dienone is 4. The Bertz CT molecular complexity index is 1500. The minimum Gasteiger partial charge on any atom is -0.465 e. The Morgan fingerprint density at radius 1 is 0.515 bits per heavy atom. The van der Waals surface area contributed by atoms with Gasteiger partial charge in [-0.2, -0.15) is 0 Å². The molecular weight excluding hydrogens is 831 g/mol. The van der Waals surface area contributed by atoms with Crippen molar-refractivity contribution in [1.29, 1.82) is 0 Å². The first-order valence-corrected chi connectivity index (χ1v) is 25.8. The van der Waals surface area contributed by atoms with Crippen molar-refractivity contribution in [3.8, 4) is 0 Å². The van der Waals surface area contributed by atoms with E-state index in [-0.39, 0.29) is 45.2 Å². The summed E-state index contributed by atoms with van der Waals surface area (Å²) in [4.78, 5) is 40.7. The molecule has 1 unspecified atom stereocenters. The van der Waals surface area contributed by atoms with Crippen molar-refractivity contribution in [2.45, 2.75) is 189 Å². The van der Waals surface area contributed by atoms with E-state index in [1.54, 1.807) is 0 Å².